The third-order valence-corrected chi connectivity index (χ3v) is 7.86. The highest BCUT2D eigenvalue weighted by atomic mass is 19.4. The molecule has 1 saturated heterocycles. The molecule has 2 atom stereocenters. The fourth-order valence-electron chi connectivity index (χ4n) is 5.53. The molecule has 5 rings (SSSR count). The molecule has 1 heterocycles. The first-order valence-corrected chi connectivity index (χ1v) is 13.7. The van der Waals surface area contributed by atoms with Crippen LogP contribution in [-0.4, -0.2) is 42.3 Å². The number of methoxy groups -OCH3 is 2. The summed E-state index contributed by atoms with van der Waals surface area (Å²) >= 11 is 0. The number of halogens is 3. The minimum absolute atomic E-state index is 0.142. The largest absolute Gasteiger partial charge is 0.497 e. The van der Waals surface area contributed by atoms with Crippen LogP contribution in [0, 0.1) is 6.92 Å². The number of carboxylic acid groups (broad SMARTS) is 1. The second-order valence-corrected chi connectivity index (χ2v) is 10.6. The molecule has 0 saturated carbocycles. The number of benzene rings is 4. The first-order chi connectivity index (χ1) is 20.9. The molecule has 2 unspecified atom stereocenters. The number of aryl methyl sites for hydroxylation is 1. The van der Waals surface area contributed by atoms with Gasteiger partial charge in [-0.15, -0.1) is 0 Å². The van der Waals surface area contributed by atoms with Gasteiger partial charge in [-0.25, -0.2) is 9.59 Å². The molecule has 1 amide bonds. The number of rotatable bonds is 8. The van der Waals surface area contributed by atoms with E-state index >= 15 is 0 Å². The maximum Gasteiger partial charge on any atom is 0.416 e. The molecule has 0 bridgehead atoms. The van der Waals surface area contributed by atoms with Crippen molar-refractivity contribution in [3.63, 3.8) is 0 Å². The lowest BCUT2D eigenvalue weighted by Crippen LogP contribution is -2.31. The monoisotopic (exact) mass is 605 g/mol. The average Bonchev–Trinajstić information content (AvgIpc) is 3.28. The van der Waals surface area contributed by atoms with Gasteiger partial charge in [-0.2, -0.15) is 13.2 Å². The van der Waals surface area contributed by atoms with Crippen molar-refractivity contribution in [1.29, 1.82) is 0 Å². The summed E-state index contributed by atoms with van der Waals surface area (Å²) in [6, 6.07) is 20.1. The second-order valence-electron chi connectivity index (χ2n) is 10.6. The Morgan fingerprint density at radius 3 is 2.34 bits per heavy atom. The smallest absolute Gasteiger partial charge is 0.416 e. The van der Waals surface area contributed by atoms with E-state index in [4.69, 9.17) is 14.2 Å². The number of carbonyl (C=O) groups excluding carboxylic acids is 1. The third kappa shape index (κ3) is 5.92. The van der Waals surface area contributed by atoms with Gasteiger partial charge in [0, 0.05) is 5.56 Å². The van der Waals surface area contributed by atoms with E-state index < -0.39 is 35.9 Å². The Morgan fingerprint density at radius 1 is 0.932 bits per heavy atom. The Kier molecular flexibility index (Phi) is 8.27. The van der Waals surface area contributed by atoms with Gasteiger partial charge in [-0.05, 0) is 95.8 Å². The summed E-state index contributed by atoms with van der Waals surface area (Å²) in [6.45, 7) is 3.42. The van der Waals surface area contributed by atoms with Crippen LogP contribution in [0.1, 0.15) is 45.6 Å². The minimum atomic E-state index is -4.61. The van der Waals surface area contributed by atoms with E-state index in [1.54, 1.807) is 68.4 Å². The number of alkyl halides is 3. The van der Waals surface area contributed by atoms with Crippen molar-refractivity contribution in [2.24, 2.45) is 0 Å². The zero-order chi connectivity index (χ0) is 31.8. The summed E-state index contributed by atoms with van der Waals surface area (Å²) in [4.78, 5) is 26.0. The highest BCUT2D eigenvalue weighted by Crippen LogP contribution is 2.41. The van der Waals surface area contributed by atoms with Gasteiger partial charge in [-0.3, -0.25) is 4.90 Å². The molecule has 228 valence electrons. The quantitative estimate of drug-likeness (QED) is 0.218. The molecule has 0 radical (unpaired) electrons. The number of ether oxygens (including phenoxy) is 3. The Balaban J connectivity index is 1.58. The van der Waals surface area contributed by atoms with Gasteiger partial charge in [0.2, 0.25) is 0 Å². The average molecular weight is 606 g/mol. The summed E-state index contributed by atoms with van der Waals surface area (Å²) in [5.41, 5.74) is 3.39. The number of nitrogens with zero attached hydrogens (tertiary/aromatic N) is 1. The molecule has 0 aromatic heterocycles. The van der Waals surface area contributed by atoms with Gasteiger partial charge < -0.3 is 19.3 Å². The number of hydrogen-bond acceptors (Lipinski definition) is 5. The van der Waals surface area contributed by atoms with E-state index in [-0.39, 0.29) is 17.7 Å². The second kappa shape index (κ2) is 11.9. The van der Waals surface area contributed by atoms with Gasteiger partial charge in [-0.1, -0.05) is 30.3 Å². The van der Waals surface area contributed by atoms with Crippen LogP contribution in [0.3, 0.4) is 0 Å². The maximum atomic E-state index is 13.9. The van der Waals surface area contributed by atoms with Crippen molar-refractivity contribution in [2.75, 3.05) is 14.2 Å². The van der Waals surface area contributed by atoms with Gasteiger partial charge in [0.25, 0.3) is 0 Å². The lowest BCUT2D eigenvalue weighted by atomic mass is 9.91. The van der Waals surface area contributed by atoms with E-state index in [0.717, 1.165) is 17.7 Å². The summed E-state index contributed by atoms with van der Waals surface area (Å²) in [5, 5.41) is 9.36. The van der Waals surface area contributed by atoms with E-state index in [9.17, 15) is 27.9 Å². The summed E-state index contributed by atoms with van der Waals surface area (Å²) < 4.78 is 58.3. The zero-order valence-corrected chi connectivity index (χ0v) is 24.4. The van der Waals surface area contributed by atoms with Gasteiger partial charge in [0.1, 0.15) is 17.6 Å². The summed E-state index contributed by atoms with van der Waals surface area (Å²) in [7, 11) is 2.99. The van der Waals surface area contributed by atoms with Crippen molar-refractivity contribution in [1.82, 2.24) is 4.90 Å². The number of carboxylic acids is 1. The van der Waals surface area contributed by atoms with Crippen LogP contribution >= 0.6 is 0 Å². The predicted octanol–water partition coefficient (Wildman–Crippen LogP) is 8.15. The molecule has 44 heavy (non-hydrogen) atoms. The molecule has 1 N–H and O–H groups in total. The molecule has 0 spiro atoms. The fourth-order valence-corrected chi connectivity index (χ4v) is 5.53. The molecule has 1 aliphatic heterocycles. The molecule has 1 fully saturated rings. The Hall–Kier alpha value is -4.99. The van der Waals surface area contributed by atoms with Crippen LogP contribution in [-0.2, 0) is 17.5 Å². The molecule has 4 aromatic carbocycles. The normalized spacial score (nSPS) is 16.5. The fraction of sp³-hybridized carbons (Fsp3) is 0.235. The standard InChI is InChI=1S/C34H30F3NO6/c1-19-14-23(32(39)40)8-11-27(19)21-9-13-30(43-4)29(17-21)28-12-10-25(34(35,36)37)15-24(28)18-38-20(2)31(44-33(38)41)22-6-5-7-26(16-22)42-3/h5-17,20,31H,18H2,1-4H3,(H,39,40). The number of cyclic esters (lactones) is 1. The van der Waals surface area contributed by atoms with Crippen LogP contribution in [0.15, 0.2) is 78.9 Å². The zero-order valence-electron chi connectivity index (χ0n) is 24.4. The first-order valence-electron chi connectivity index (χ1n) is 13.7. The molecular weight excluding hydrogens is 575 g/mol. The van der Waals surface area contributed by atoms with Crippen LogP contribution in [0.4, 0.5) is 18.0 Å². The molecule has 1 aliphatic rings. The Morgan fingerprint density at radius 2 is 1.68 bits per heavy atom. The number of hydrogen-bond donors (Lipinski definition) is 1. The minimum Gasteiger partial charge on any atom is -0.497 e. The highest BCUT2D eigenvalue weighted by Gasteiger charge is 2.40. The van der Waals surface area contributed by atoms with Crippen molar-refractivity contribution < 1.29 is 42.1 Å². The van der Waals surface area contributed by atoms with Crippen molar-refractivity contribution in [3.8, 4) is 33.8 Å². The van der Waals surface area contributed by atoms with Crippen LogP contribution < -0.4 is 9.47 Å². The van der Waals surface area contributed by atoms with Crippen molar-refractivity contribution in [2.45, 2.75) is 38.7 Å². The predicted molar refractivity (Wildman–Crippen MR) is 158 cm³/mol. The van der Waals surface area contributed by atoms with Crippen LogP contribution in [0.2, 0.25) is 0 Å². The molecule has 7 nitrogen and oxygen atoms in total. The maximum absolute atomic E-state index is 13.9. The number of aromatic carboxylic acids is 1. The van der Waals surface area contributed by atoms with E-state index in [1.807, 2.05) is 0 Å². The lowest BCUT2D eigenvalue weighted by Gasteiger charge is -2.24. The van der Waals surface area contributed by atoms with Gasteiger partial charge in [0.15, 0.2) is 0 Å². The molecule has 10 heteroatoms. The van der Waals surface area contributed by atoms with Crippen LogP contribution in [0.25, 0.3) is 22.3 Å². The van der Waals surface area contributed by atoms with Crippen molar-refractivity contribution in [3.05, 3.63) is 107 Å². The van der Waals surface area contributed by atoms with Crippen molar-refractivity contribution >= 4 is 12.1 Å². The lowest BCUT2D eigenvalue weighted by molar-refractivity contribution is -0.137. The Bertz CT molecular complexity index is 1730. The SMILES string of the molecule is COc1cccc(C2OC(=O)N(Cc3cc(C(F)(F)F)ccc3-c3cc(-c4ccc(C(=O)O)cc4C)ccc3OC)C2C)c1. The Labute approximate surface area is 252 Å². The molecule has 4 aromatic rings. The van der Waals surface area contributed by atoms with Gasteiger partial charge in [0.05, 0.1) is 37.9 Å². The topological polar surface area (TPSA) is 85.3 Å². The van der Waals surface area contributed by atoms with Crippen LogP contribution in [0.5, 0.6) is 11.5 Å². The first kappa shape index (κ1) is 30.5. The summed E-state index contributed by atoms with van der Waals surface area (Å²) in [5.74, 6) is -0.0437. The third-order valence-electron chi connectivity index (χ3n) is 7.86. The van der Waals surface area contributed by atoms with Gasteiger partial charge >= 0.3 is 18.2 Å². The molecular formula is C34H30F3NO6. The highest BCUT2D eigenvalue weighted by molar-refractivity contribution is 5.89. The van der Waals surface area contributed by atoms with E-state index in [2.05, 4.69) is 0 Å². The number of carbonyl (C=O) groups is 2. The van der Waals surface area contributed by atoms with E-state index in [0.29, 0.717) is 39.3 Å². The number of amides is 1. The summed E-state index contributed by atoms with van der Waals surface area (Å²) in [6.07, 6.45) is -5.91. The molecule has 0 aliphatic carbocycles. The van der Waals surface area contributed by atoms with E-state index in [1.165, 1.54) is 31.3 Å².